The van der Waals surface area contributed by atoms with E-state index in [0.29, 0.717) is 10.2 Å². The minimum atomic E-state index is -1.04. The lowest BCUT2D eigenvalue weighted by molar-refractivity contribution is -0.387. The number of nitro benzene ring substituents is 1. The van der Waals surface area contributed by atoms with Crippen LogP contribution in [-0.4, -0.2) is 33.0 Å². The first-order valence-electron chi connectivity index (χ1n) is 8.17. The van der Waals surface area contributed by atoms with Gasteiger partial charge in [-0.25, -0.2) is 4.98 Å². The molecule has 1 amide bonds. The zero-order valence-corrected chi connectivity index (χ0v) is 15.5. The quantitative estimate of drug-likeness (QED) is 0.351. The van der Waals surface area contributed by atoms with Gasteiger partial charge in [0, 0.05) is 18.3 Å². The lowest BCUT2D eigenvalue weighted by Gasteiger charge is -2.08. The molecular formula is C17H13FN4O6S. The number of hydrogen-bond donors (Lipinski definition) is 1. The van der Waals surface area contributed by atoms with Crippen molar-refractivity contribution >= 4 is 44.8 Å². The van der Waals surface area contributed by atoms with Crippen LogP contribution in [0.1, 0.15) is 6.42 Å². The maximum Gasteiger partial charge on any atom is 0.308 e. The van der Waals surface area contributed by atoms with E-state index in [1.165, 1.54) is 22.2 Å². The van der Waals surface area contributed by atoms with Crippen molar-refractivity contribution in [1.29, 1.82) is 0 Å². The van der Waals surface area contributed by atoms with Crippen molar-refractivity contribution in [2.75, 3.05) is 11.9 Å². The van der Waals surface area contributed by atoms with Gasteiger partial charge in [-0.05, 0) is 23.6 Å². The molecule has 3 aromatic rings. The Morgan fingerprint density at radius 3 is 2.90 bits per heavy atom. The molecular weight excluding hydrogens is 407 g/mol. The molecule has 12 heteroatoms. The highest BCUT2D eigenvalue weighted by atomic mass is 32.1. The Kier molecular flexibility index (Phi) is 5.93. The summed E-state index contributed by atoms with van der Waals surface area (Å²) in [6.07, 6.45) is 1.18. The second-order valence-electron chi connectivity index (χ2n) is 5.76. The first kappa shape index (κ1) is 20.1. The van der Waals surface area contributed by atoms with Gasteiger partial charge < -0.3 is 10.1 Å². The predicted octanol–water partition coefficient (Wildman–Crippen LogP) is 2.08. The number of carbonyl (C=O) groups is 2. The highest BCUT2D eigenvalue weighted by Crippen LogP contribution is 2.21. The molecule has 0 atom stereocenters. The fourth-order valence-corrected chi connectivity index (χ4v) is 3.13. The summed E-state index contributed by atoms with van der Waals surface area (Å²) in [6, 6.07) is 4.49. The summed E-state index contributed by atoms with van der Waals surface area (Å²) in [4.78, 5) is 50.3. The molecule has 3 rings (SSSR count). The molecule has 0 saturated carbocycles. The van der Waals surface area contributed by atoms with Gasteiger partial charge in [0.05, 0.1) is 23.1 Å². The topological polar surface area (TPSA) is 133 Å². The lowest BCUT2D eigenvalue weighted by atomic mass is 10.2. The van der Waals surface area contributed by atoms with Gasteiger partial charge in [0.15, 0.2) is 6.61 Å². The van der Waals surface area contributed by atoms with Crippen molar-refractivity contribution < 1.29 is 23.6 Å². The monoisotopic (exact) mass is 420 g/mol. The van der Waals surface area contributed by atoms with Crippen LogP contribution in [0.5, 0.6) is 0 Å². The van der Waals surface area contributed by atoms with Gasteiger partial charge in [0.25, 0.3) is 11.5 Å². The van der Waals surface area contributed by atoms with E-state index in [1.54, 1.807) is 11.4 Å². The number of ether oxygens (including phenoxy) is 1. The first-order chi connectivity index (χ1) is 13.8. The van der Waals surface area contributed by atoms with Gasteiger partial charge in [0.2, 0.25) is 5.82 Å². The van der Waals surface area contributed by atoms with E-state index in [9.17, 15) is 28.9 Å². The van der Waals surface area contributed by atoms with Gasteiger partial charge in [-0.2, -0.15) is 4.39 Å². The molecule has 0 radical (unpaired) electrons. The summed E-state index contributed by atoms with van der Waals surface area (Å²) >= 11 is 1.33. The predicted molar refractivity (Wildman–Crippen MR) is 101 cm³/mol. The number of fused-ring (bicyclic) bond motifs is 1. The molecule has 0 aliphatic carbocycles. The number of benzene rings is 1. The van der Waals surface area contributed by atoms with Crippen LogP contribution in [0, 0.1) is 15.9 Å². The fraction of sp³-hybridized carbons (Fsp3) is 0.176. The van der Waals surface area contributed by atoms with Gasteiger partial charge in [-0.15, -0.1) is 11.3 Å². The Bertz CT molecular complexity index is 1160. The number of hydrogen-bond acceptors (Lipinski definition) is 8. The molecule has 0 bridgehead atoms. The number of nitro groups is 1. The second kappa shape index (κ2) is 8.56. The number of amides is 1. The zero-order valence-electron chi connectivity index (χ0n) is 14.7. The van der Waals surface area contributed by atoms with Crippen molar-refractivity contribution in [2.45, 2.75) is 13.0 Å². The van der Waals surface area contributed by atoms with Crippen LogP contribution >= 0.6 is 11.3 Å². The molecule has 1 aromatic carbocycles. The summed E-state index contributed by atoms with van der Waals surface area (Å²) in [6.45, 7) is -0.608. The number of anilines is 1. The summed E-state index contributed by atoms with van der Waals surface area (Å²) in [5.41, 5.74) is -1.08. The lowest BCUT2D eigenvalue weighted by Crippen LogP contribution is -2.24. The van der Waals surface area contributed by atoms with Crippen LogP contribution in [0.15, 0.2) is 40.8 Å². The maximum atomic E-state index is 13.3. The Hall–Kier alpha value is -3.67. The van der Waals surface area contributed by atoms with E-state index in [-0.39, 0.29) is 24.2 Å². The number of halogens is 1. The molecule has 2 aromatic heterocycles. The van der Waals surface area contributed by atoms with Gasteiger partial charge in [-0.3, -0.25) is 29.1 Å². The van der Waals surface area contributed by atoms with E-state index in [0.717, 1.165) is 18.2 Å². The fourth-order valence-electron chi connectivity index (χ4n) is 2.41. The Morgan fingerprint density at radius 2 is 2.14 bits per heavy atom. The first-order valence-corrected chi connectivity index (χ1v) is 9.05. The zero-order chi connectivity index (χ0) is 21.0. The average Bonchev–Trinajstić information content (AvgIpc) is 3.17. The number of esters is 1. The minimum absolute atomic E-state index is 0.0131. The average molecular weight is 420 g/mol. The SMILES string of the molecule is O=C(COC(=O)CCn1cnc2sccc2c1=O)Nc1ccc(F)c([N+](=O)[O-])c1. The summed E-state index contributed by atoms with van der Waals surface area (Å²) < 4.78 is 19.4. The molecule has 150 valence electrons. The van der Waals surface area contributed by atoms with Crippen molar-refractivity contribution in [3.8, 4) is 0 Å². The smallest absolute Gasteiger partial charge is 0.308 e. The molecule has 0 fully saturated rings. The number of rotatable bonds is 7. The third kappa shape index (κ3) is 4.79. The van der Waals surface area contributed by atoms with Crippen LogP contribution in [-0.2, 0) is 20.9 Å². The van der Waals surface area contributed by atoms with Crippen molar-refractivity contribution in [1.82, 2.24) is 9.55 Å². The normalized spacial score (nSPS) is 10.7. The van der Waals surface area contributed by atoms with Gasteiger partial charge in [0.1, 0.15) is 4.83 Å². The van der Waals surface area contributed by atoms with E-state index in [4.69, 9.17) is 4.74 Å². The molecule has 1 N–H and O–H groups in total. The highest BCUT2D eigenvalue weighted by Gasteiger charge is 2.16. The molecule has 0 saturated heterocycles. The third-order valence-electron chi connectivity index (χ3n) is 3.80. The maximum absolute atomic E-state index is 13.3. The number of nitrogens with one attached hydrogen (secondary N) is 1. The number of thiophene rings is 1. The number of aryl methyl sites for hydroxylation is 1. The largest absolute Gasteiger partial charge is 0.456 e. The van der Waals surface area contributed by atoms with E-state index in [1.807, 2.05) is 0 Å². The van der Waals surface area contributed by atoms with E-state index < -0.39 is 34.9 Å². The minimum Gasteiger partial charge on any atom is -0.456 e. The molecule has 10 nitrogen and oxygen atoms in total. The third-order valence-corrected chi connectivity index (χ3v) is 4.62. The summed E-state index contributed by atoms with van der Waals surface area (Å²) in [7, 11) is 0. The van der Waals surface area contributed by atoms with Crippen LogP contribution in [0.4, 0.5) is 15.8 Å². The molecule has 0 unspecified atom stereocenters. The van der Waals surface area contributed by atoms with Crippen LogP contribution < -0.4 is 10.9 Å². The highest BCUT2D eigenvalue weighted by molar-refractivity contribution is 7.16. The summed E-state index contributed by atoms with van der Waals surface area (Å²) in [5, 5.41) is 15.2. The molecule has 29 heavy (non-hydrogen) atoms. The standard InChI is InChI=1S/C17H13FN4O6S/c18-12-2-1-10(7-13(12)22(26)27)20-14(23)8-28-15(24)3-5-21-9-19-16-11(17(21)25)4-6-29-16/h1-2,4,6-7,9H,3,5,8H2,(H,20,23). The molecule has 2 heterocycles. The number of carbonyl (C=O) groups excluding carboxylic acids is 2. The van der Waals surface area contributed by atoms with Gasteiger partial charge in [-0.1, -0.05) is 0 Å². The Balaban J connectivity index is 1.50. The van der Waals surface area contributed by atoms with E-state index >= 15 is 0 Å². The van der Waals surface area contributed by atoms with Crippen molar-refractivity contribution in [3.63, 3.8) is 0 Å². The molecule has 0 spiro atoms. The summed E-state index contributed by atoms with van der Waals surface area (Å²) in [5.74, 6) is -2.51. The Labute approximate surface area is 165 Å². The number of nitrogens with zero attached hydrogens (tertiary/aromatic N) is 3. The number of aromatic nitrogens is 2. The molecule has 0 aliphatic rings. The van der Waals surface area contributed by atoms with Crippen LogP contribution in [0.3, 0.4) is 0 Å². The van der Waals surface area contributed by atoms with Gasteiger partial charge >= 0.3 is 11.7 Å². The Morgan fingerprint density at radius 1 is 1.34 bits per heavy atom. The van der Waals surface area contributed by atoms with E-state index in [2.05, 4.69) is 10.3 Å². The molecule has 0 aliphatic heterocycles. The second-order valence-corrected chi connectivity index (χ2v) is 6.66. The van der Waals surface area contributed by atoms with Crippen molar-refractivity contribution in [2.24, 2.45) is 0 Å². The van der Waals surface area contributed by atoms with Crippen LogP contribution in [0.25, 0.3) is 10.2 Å². The van der Waals surface area contributed by atoms with Crippen LogP contribution in [0.2, 0.25) is 0 Å². The van der Waals surface area contributed by atoms with Crippen molar-refractivity contribution in [3.05, 3.63) is 62.3 Å².